The van der Waals surface area contributed by atoms with Crippen LogP contribution in [-0.2, 0) is 16.4 Å². The first-order valence-corrected chi connectivity index (χ1v) is 10.9. The Bertz CT molecular complexity index is 1090. The summed E-state index contributed by atoms with van der Waals surface area (Å²) in [7, 11) is -3.53. The van der Waals surface area contributed by atoms with Gasteiger partial charge in [-0.3, -0.25) is 4.99 Å². The molecule has 0 amide bonds. The molecule has 0 saturated carbocycles. The first-order chi connectivity index (χ1) is 13.3. The molecule has 0 spiro atoms. The van der Waals surface area contributed by atoms with Gasteiger partial charge in [0.25, 0.3) is 0 Å². The lowest BCUT2D eigenvalue weighted by atomic mass is 10.1. The van der Waals surface area contributed by atoms with Gasteiger partial charge in [0.2, 0.25) is 9.84 Å². The predicted molar refractivity (Wildman–Crippen MR) is 112 cm³/mol. The second kappa shape index (κ2) is 7.06. The highest BCUT2D eigenvalue weighted by Crippen LogP contribution is 2.29. The topological polar surface area (TPSA) is 49.7 Å². The van der Waals surface area contributed by atoms with Gasteiger partial charge in [-0.15, -0.1) is 0 Å². The summed E-state index contributed by atoms with van der Waals surface area (Å²) in [5, 5.41) is 0. The first-order valence-electron chi connectivity index (χ1n) is 9.43. The monoisotopic (exact) mass is 392 g/mol. The van der Waals surface area contributed by atoms with Crippen LogP contribution >= 0.6 is 0 Å². The van der Waals surface area contributed by atoms with Crippen LogP contribution in [0.4, 0.5) is 0 Å². The number of rotatable bonds is 4. The molecule has 0 aromatic heterocycles. The molecule has 1 atom stereocenters. The highest BCUT2D eigenvalue weighted by Gasteiger charge is 2.23. The molecular weight excluding hydrogens is 368 g/mol. The SMILES string of the molecule is Cc1cc(C)c(S(=O)(=O)c2ccc(CN3C=CC4N=CCC4=C3)cc2)c(C)c1. The number of nitrogens with zero attached hydrogens (tertiary/aromatic N) is 2. The van der Waals surface area contributed by atoms with Crippen molar-refractivity contribution in [2.24, 2.45) is 4.99 Å². The minimum atomic E-state index is -3.53. The Hall–Kier alpha value is -2.66. The van der Waals surface area contributed by atoms with Crippen molar-refractivity contribution in [3.05, 3.63) is 82.7 Å². The molecule has 0 bridgehead atoms. The van der Waals surface area contributed by atoms with Gasteiger partial charge in [-0.1, -0.05) is 29.8 Å². The third-order valence-electron chi connectivity index (χ3n) is 5.24. The van der Waals surface area contributed by atoms with E-state index in [2.05, 4.69) is 22.2 Å². The number of sulfone groups is 1. The van der Waals surface area contributed by atoms with Gasteiger partial charge in [0.05, 0.1) is 15.8 Å². The molecule has 1 unspecified atom stereocenters. The third-order valence-corrected chi connectivity index (χ3v) is 7.31. The van der Waals surface area contributed by atoms with E-state index < -0.39 is 9.84 Å². The van der Waals surface area contributed by atoms with Gasteiger partial charge < -0.3 is 4.90 Å². The molecule has 2 aromatic carbocycles. The van der Waals surface area contributed by atoms with Crippen molar-refractivity contribution in [3.63, 3.8) is 0 Å². The molecule has 0 saturated heterocycles. The largest absolute Gasteiger partial charge is 0.350 e. The van der Waals surface area contributed by atoms with Crippen LogP contribution in [0.2, 0.25) is 0 Å². The van der Waals surface area contributed by atoms with E-state index >= 15 is 0 Å². The molecule has 2 aliphatic heterocycles. The van der Waals surface area contributed by atoms with E-state index in [9.17, 15) is 8.42 Å². The Morgan fingerprint density at radius 2 is 1.75 bits per heavy atom. The molecule has 144 valence electrons. The van der Waals surface area contributed by atoms with Gasteiger partial charge >= 0.3 is 0 Å². The van der Waals surface area contributed by atoms with E-state index in [0.29, 0.717) is 16.3 Å². The van der Waals surface area contributed by atoms with Crippen LogP contribution in [0.3, 0.4) is 0 Å². The molecule has 0 radical (unpaired) electrons. The Morgan fingerprint density at radius 1 is 1.07 bits per heavy atom. The molecule has 2 heterocycles. The van der Waals surface area contributed by atoms with Crippen LogP contribution in [0.5, 0.6) is 0 Å². The first kappa shape index (κ1) is 18.7. The molecule has 4 nitrogen and oxygen atoms in total. The highest BCUT2D eigenvalue weighted by atomic mass is 32.2. The molecule has 28 heavy (non-hydrogen) atoms. The van der Waals surface area contributed by atoms with Gasteiger partial charge in [-0.25, -0.2) is 8.42 Å². The molecule has 2 aliphatic rings. The van der Waals surface area contributed by atoms with Crippen molar-refractivity contribution in [1.82, 2.24) is 4.90 Å². The number of fused-ring (bicyclic) bond motifs is 1. The minimum absolute atomic E-state index is 0.199. The van der Waals surface area contributed by atoms with Crippen molar-refractivity contribution in [2.75, 3.05) is 0 Å². The Morgan fingerprint density at radius 3 is 2.43 bits per heavy atom. The third kappa shape index (κ3) is 3.42. The lowest BCUT2D eigenvalue weighted by Gasteiger charge is -2.22. The molecule has 0 N–H and O–H groups in total. The fourth-order valence-corrected chi connectivity index (χ4v) is 5.73. The van der Waals surface area contributed by atoms with Crippen LogP contribution in [0.15, 0.2) is 75.2 Å². The van der Waals surface area contributed by atoms with Gasteiger partial charge in [0, 0.05) is 31.6 Å². The zero-order valence-corrected chi connectivity index (χ0v) is 17.2. The summed E-state index contributed by atoms with van der Waals surface area (Å²) in [6.45, 7) is 6.40. The van der Waals surface area contributed by atoms with Gasteiger partial charge in [0.1, 0.15) is 0 Å². The normalized spacial score (nSPS) is 18.3. The van der Waals surface area contributed by atoms with Crippen molar-refractivity contribution < 1.29 is 8.42 Å². The van der Waals surface area contributed by atoms with Crippen LogP contribution in [0, 0.1) is 20.8 Å². The van der Waals surface area contributed by atoms with Gasteiger partial charge in [0.15, 0.2) is 0 Å². The van der Waals surface area contributed by atoms with Crippen LogP contribution in [0.25, 0.3) is 0 Å². The van der Waals surface area contributed by atoms with E-state index in [1.807, 2.05) is 57.5 Å². The maximum Gasteiger partial charge on any atom is 0.207 e. The fourth-order valence-electron chi connectivity index (χ4n) is 4.03. The number of hydrogen-bond donors (Lipinski definition) is 0. The standard InChI is InChI=1S/C23H24N2O2S/c1-16-12-17(2)23(18(3)13-16)28(26,27)21-6-4-19(5-7-21)14-25-11-9-22-20(15-25)8-10-24-22/h4-7,9-13,15,22H,8,14H2,1-3H3. The van der Waals surface area contributed by atoms with E-state index in [4.69, 9.17) is 0 Å². The number of aliphatic imine (C=N–C) groups is 1. The fraction of sp³-hybridized carbons (Fsp3) is 0.261. The Balaban J connectivity index is 1.57. The molecule has 0 aliphatic carbocycles. The average molecular weight is 393 g/mol. The molecule has 0 fully saturated rings. The summed E-state index contributed by atoms with van der Waals surface area (Å²) < 4.78 is 26.3. The van der Waals surface area contributed by atoms with Crippen LogP contribution in [0.1, 0.15) is 28.7 Å². The van der Waals surface area contributed by atoms with Gasteiger partial charge in [-0.05, 0) is 61.2 Å². The lowest BCUT2D eigenvalue weighted by molar-refractivity contribution is 0.483. The van der Waals surface area contributed by atoms with Crippen LogP contribution < -0.4 is 0 Å². The highest BCUT2D eigenvalue weighted by molar-refractivity contribution is 7.91. The zero-order valence-electron chi connectivity index (χ0n) is 16.4. The summed E-state index contributed by atoms with van der Waals surface area (Å²) in [5.41, 5.74) is 5.02. The zero-order chi connectivity index (χ0) is 19.9. The van der Waals surface area contributed by atoms with Gasteiger partial charge in [-0.2, -0.15) is 0 Å². The van der Waals surface area contributed by atoms with Crippen molar-refractivity contribution in [3.8, 4) is 0 Å². The van der Waals surface area contributed by atoms with Crippen molar-refractivity contribution >= 4 is 16.1 Å². The molecule has 4 rings (SSSR count). The quantitative estimate of drug-likeness (QED) is 0.770. The summed E-state index contributed by atoms with van der Waals surface area (Å²) in [4.78, 5) is 7.29. The summed E-state index contributed by atoms with van der Waals surface area (Å²) >= 11 is 0. The van der Waals surface area contributed by atoms with Crippen molar-refractivity contribution in [2.45, 2.75) is 49.6 Å². The predicted octanol–water partition coefficient (Wildman–Crippen LogP) is 4.50. The summed E-state index contributed by atoms with van der Waals surface area (Å²) in [5.74, 6) is 0. The van der Waals surface area contributed by atoms with E-state index in [1.165, 1.54) is 5.57 Å². The number of benzene rings is 2. The van der Waals surface area contributed by atoms with Crippen molar-refractivity contribution in [1.29, 1.82) is 0 Å². The summed E-state index contributed by atoms with van der Waals surface area (Å²) in [6.07, 6.45) is 9.14. The van der Waals surface area contributed by atoms with E-state index in [0.717, 1.165) is 28.7 Å². The minimum Gasteiger partial charge on any atom is -0.350 e. The second-order valence-electron chi connectivity index (χ2n) is 7.57. The lowest BCUT2D eigenvalue weighted by Crippen LogP contribution is -2.17. The maximum absolute atomic E-state index is 13.2. The summed E-state index contributed by atoms with van der Waals surface area (Å²) in [6, 6.07) is 11.3. The van der Waals surface area contributed by atoms with E-state index in [-0.39, 0.29) is 6.04 Å². The smallest absolute Gasteiger partial charge is 0.207 e. The number of aryl methyl sites for hydroxylation is 3. The Labute approximate surface area is 166 Å². The van der Waals surface area contributed by atoms with E-state index in [1.54, 1.807) is 12.1 Å². The second-order valence-corrected chi connectivity index (χ2v) is 9.46. The molecule has 5 heteroatoms. The molecule has 2 aromatic rings. The Kier molecular flexibility index (Phi) is 4.71. The maximum atomic E-state index is 13.2. The van der Waals surface area contributed by atoms with Crippen LogP contribution in [-0.4, -0.2) is 25.6 Å². The molecular formula is C23H24N2O2S. The average Bonchev–Trinajstić information content (AvgIpc) is 3.09. The number of hydrogen-bond acceptors (Lipinski definition) is 4.